The highest BCUT2D eigenvalue weighted by molar-refractivity contribution is 6.20. The van der Waals surface area contributed by atoms with E-state index in [9.17, 15) is 14.9 Å². The minimum atomic E-state index is -0.396. The molecule has 3 aromatic rings. The predicted octanol–water partition coefficient (Wildman–Crippen LogP) is 4.14. The van der Waals surface area contributed by atoms with Crippen LogP contribution < -0.4 is 4.90 Å². The first-order valence-corrected chi connectivity index (χ1v) is 11.5. The van der Waals surface area contributed by atoms with Crippen LogP contribution in [0.1, 0.15) is 66.0 Å². The molecule has 1 aliphatic carbocycles. The number of nitriles is 1. The molecule has 1 N–H and O–H groups in total. The first kappa shape index (κ1) is 21.3. The maximum Gasteiger partial charge on any atom is 0.219 e. The molecule has 2 aromatic carbocycles. The van der Waals surface area contributed by atoms with Crippen molar-refractivity contribution in [2.24, 2.45) is 0 Å². The Balaban J connectivity index is 1.63. The van der Waals surface area contributed by atoms with Crippen LogP contribution in [0.5, 0.6) is 0 Å². The summed E-state index contributed by atoms with van der Waals surface area (Å²) in [6, 6.07) is 11.9. The molecule has 2 heterocycles. The summed E-state index contributed by atoms with van der Waals surface area (Å²) in [4.78, 5) is 33.2. The number of ketones is 1. The Hall–Kier alpha value is -3.59. The quantitative estimate of drug-likeness (QED) is 0.649. The number of nitrogens with one attached hydrogen (secondary N) is 1. The zero-order valence-corrected chi connectivity index (χ0v) is 19.6. The van der Waals surface area contributed by atoms with Crippen LogP contribution in [-0.4, -0.2) is 47.8 Å². The van der Waals surface area contributed by atoms with Gasteiger partial charge in [0.05, 0.1) is 17.2 Å². The molecule has 0 atom stereocenters. The second kappa shape index (κ2) is 7.48. The van der Waals surface area contributed by atoms with Gasteiger partial charge in [-0.2, -0.15) is 5.26 Å². The van der Waals surface area contributed by atoms with Gasteiger partial charge in [-0.25, -0.2) is 0 Å². The van der Waals surface area contributed by atoms with Gasteiger partial charge in [-0.1, -0.05) is 26.8 Å². The molecular formula is C27H28N4O2. The van der Waals surface area contributed by atoms with E-state index in [1.807, 2.05) is 17.0 Å². The fraction of sp³-hybridized carbons (Fsp3) is 0.370. The van der Waals surface area contributed by atoms with Crippen molar-refractivity contribution in [1.29, 1.82) is 5.26 Å². The third-order valence-corrected chi connectivity index (χ3v) is 7.36. The minimum absolute atomic E-state index is 0.0398. The topological polar surface area (TPSA) is 80.2 Å². The van der Waals surface area contributed by atoms with E-state index in [0.29, 0.717) is 18.7 Å². The molecule has 1 fully saturated rings. The third-order valence-electron chi connectivity index (χ3n) is 7.36. The lowest BCUT2D eigenvalue weighted by atomic mass is 9.70. The van der Waals surface area contributed by atoms with Crippen LogP contribution in [0.4, 0.5) is 5.69 Å². The van der Waals surface area contributed by atoms with Crippen LogP contribution >= 0.6 is 0 Å². The van der Waals surface area contributed by atoms with Gasteiger partial charge in [0.1, 0.15) is 0 Å². The van der Waals surface area contributed by atoms with Gasteiger partial charge in [0.15, 0.2) is 5.78 Å². The van der Waals surface area contributed by atoms with E-state index in [1.165, 1.54) is 0 Å². The van der Waals surface area contributed by atoms with E-state index in [0.717, 1.165) is 64.0 Å². The lowest BCUT2D eigenvalue weighted by Gasteiger charge is -2.39. The van der Waals surface area contributed by atoms with Crippen molar-refractivity contribution >= 4 is 28.3 Å². The number of aryl methyl sites for hydroxylation is 1. The first-order chi connectivity index (χ1) is 15.8. The van der Waals surface area contributed by atoms with E-state index in [2.05, 4.69) is 48.9 Å². The van der Waals surface area contributed by atoms with Gasteiger partial charge in [-0.15, -0.1) is 0 Å². The molecule has 1 aromatic heterocycles. The summed E-state index contributed by atoms with van der Waals surface area (Å²) in [6.07, 6.45) is 0.829. The number of H-pyrrole nitrogens is 1. The van der Waals surface area contributed by atoms with E-state index >= 15 is 0 Å². The number of piperazine rings is 1. The Labute approximate surface area is 193 Å². The fourth-order valence-electron chi connectivity index (χ4n) is 5.42. The number of aromatic nitrogens is 1. The van der Waals surface area contributed by atoms with Crippen LogP contribution in [0.2, 0.25) is 0 Å². The zero-order valence-electron chi connectivity index (χ0n) is 19.6. The molecule has 33 heavy (non-hydrogen) atoms. The van der Waals surface area contributed by atoms with Crippen LogP contribution in [0.25, 0.3) is 10.9 Å². The van der Waals surface area contributed by atoms with E-state index in [-0.39, 0.29) is 11.7 Å². The van der Waals surface area contributed by atoms with Crippen molar-refractivity contribution < 1.29 is 9.59 Å². The molecule has 1 saturated heterocycles. The van der Waals surface area contributed by atoms with Gasteiger partial charge >= 0.3 is 0 Å². The fourth-order valence-corrected chi connectivity index (χ4v) is 5.42. The molecule has 1 amide bonds. The minimum Gasteiger partial charge on any atom is -0.368 e. The lowest BCUT2D eigenvalue weighted by molar-refractivity contribution is -0.129. The number of hydrogen-bond acceptors (Lipinski definition) is 4. The number of carbonyl (C=O) groups is 2. The number of carbonyl (C=O) groups excluding carboxylic acids is 2. The largest absolute Gasteiger partial charge is 0.368 e. The highest BCUT2D eigenvalue weighted by atomic mass is 16.2. The number of amides is 1. The monoisotopic (exact) mass is 440 g/mol. The average Bonchev–Trinajstić information content (AvgIpc) is 3.22. The molecule has 1 aliphatic heterocycles. The smallest absolute Gasteiger partial charge is 0.219 e. The van der Waals surface area contributed by atoms with Crippen LogP contribution in [0, 0.1) is 11.3 Å². The molecule has 0 unspecified atom stereocenters. The van der Waals surface area contributed by atoms with Crippen molar-refractivity contribution in [3.8, 4) is 6.07 Å². The van der Waals surface area contributed by atoms with Gasteiger partial charge in [0, 0.05) is 66.4 Å². The summed E-state index contributed by atoms with van der Waals surface area (Å²) in [5.74, 6) is 0.159. The molecule has 0 radical (unpaired) electrons. The predicted molar refractivity (Wildman–Crippen MR) is 129 cm³/mol. The first-order valence-electron chi connectivity index (χ1n) is 11.5. The zero-order chi connectivity index (χ0) is 23.5. The number of rotatable bonds is 2. The highest BCUT2D eigenvalue weighted by Gasteiger charge is 2.40. The van der Waals surface area contributed by atoms with Crippen LogP contribution in [0.3, 0.4) is 0 Å². The second-order valence-electron chi connectivity index (χ2n) is 9.57. The number of benzene rings is 2. The van der Waals surface area contributed by atoms with Gasteiger partial charge < -0.3 is 14.8 Å². The number of hydrogen-bond donors (Lipinski definition) is 1. The number of anilines is 1. The SMILES string of the molecule is CCc1cc2c(cc1N1CCN(C(C)=O)CC1)C(C)(C)c1[nH]c3cc(C#N)ccc3c1C2=O. The normalized spacial score (nSPS) is 17.0. The van der Waals surface area contributed by atoms with Gasteiger partial charge in [-0.3, -0.25) is 9.59 Å². The number of aromatic amines is 1. The molecular weight excluding hydrogens is 412 g/mol. The maximum atomic E-state index is 13.8. The van der Waals surface area contributed by atoms with Crippen molar-refractivity contribution in [1.82, 2.24) is 9.88 Å². The molecule has 168 valence electrons. The summed E-state index contributed by atoms with van der Waals surface area (Å²) in [7, 11) is 0. The summed E-state index contributed by atoms with van der Waals surface area (Å²) < 4.78 is 0. The lowest BCUT2D eigenvalue weighted by Crippen LogP contribution is -2.48. The van der Waals surface area contributed by atoms with Crippen molar-refractivity contribution in [2.75, 3.05) is 31.1 Å². The number of fused-ring (bicyclic) bond motifs is 4. The standard InChI is InChI=1S/C27H28N4O2/c1-5-18-13-20-21(14-23(18)31-10-8-30(9-11-31)16(2)32)27(3,4)26-24(25(20)33)19-7-6-17(15-28)12-22(19)29-26/h6-7,12-14,29H,5,8-11H2,1-4H3. The molecule has 2 aliphatic rings. The Morgan fingerprint density at radius 3 is 2.52 bits per heavy atom. The van der Waals surface area contributed by atoms with E-state index in [4.69, 9.17) is 0 Å². The summed E-state index contributed by atoms with van der Waals surface area (Å²) in [5, 5.41) is 10.2. The molecule has 0 saturated carbocycles. The van der Waals surface area contributed by atoms with Crippen LogP contribution in [-0.2, 0) is 16.6 Å². The van der Waals surface area contributed by atoms with E-state index in [1.54, 1.807) is 13.0 Å². The van der Waals surface area contributed by atoms with Gasteiger partial charge in [0.2, 0.25) is 5.91 Å². The van der Waals surface area contributed by atoms with Gasteiger partial charge in [-0.05, 0) is 41.8 Å². The van der Waals surface area contributed by atoms with Crippen molar-refractivity contribution in [3.05, 3.63) is 63.8 Å². The maximum absolute atomic E-state index is 13.8. The summed E-state index contributed by atoms with van der Waals surface area (Å²) >= 11 is 0. The Bertz CT molecular complexity index is 1350. The molecule has 0 bridgehead atoms. The molecule has 0 spiro atoms. The number of nitrogens with zero attached hydrogens (tertiary/aromatic N) is 3. The average molecular weight is 441 g/mol. The molecule has 6 heteroatoms. The van der Waals surface area contributed by atoms with E-state index < -0.39 is 5.41 Å². The van der Waals surface area contributed by atoms with Gasteiger partial charge in [0.25, 0.3) is 0 Å². The van der Waals surface area contributed by atoms with Crippen molar-refractivity contribution in [3.63, 3.8) is 0 Å². The second-order valence-corrected chi connectivity index (χ2v) is 9.57. The molecule has 5 rings (SSSR count). The third kappa shape index (κ3) is 3.14. The molecule has 6 nitrogen and oxygen atoms in total. The summed E-state index contributed by atoms with van der Waals surface area (Å²) in [6.45, 7) is 11.1. The Morgan fingerprint density at radius 1 is 1.15 bits per heavy atom. The van der Waals surface area contributed by atoms with Crippen LogP contribution in [0.15, 0.2) is 30.3 Å². The van der Waals surface area contributed by atoms with Crippen molar-refractivity contribution in [2.45, 2.75) is 39.5 Å². The Morgan fingerprint density at radius 2 is 1.88 bits per heavy atom. The highest BCUT2D eigenvalue weighted by Crippen LogP contribution is 2.45. The Kier molecular flexibility index (Phi) is 4.82. The summed E-state index contributed by atoms with van der Waals surface area (Å²) in [5.41, 5.74) is 6.73.